The number of hydrogen-bond donors (Lipinski definition) is 1. The molecule has 3 aromatic rings. The summed E-state index contributed by atoms with van der Waals surface area (Å²) >= 11 is 0. The molecule has 1 aliphatic rings. The molecule has 1 fully saturated rings. The van der Waals surface area contributed by atoms with E-state index in [2.05, 4.69) is 20.0 Å². The molecule has 1 aromatic carbocycles. The molecular weight excluding hydrogens is 388 g/mol. The van der Waals surface area contributed by atoms with E-state index < -0.39 is 10.0 Å². The lowest BCUT2D eigenvalue weighted by Crippen LogP contribution is -2.39. The maximum absolute atomic E-state index is 13.2. The van der Waals surface area contributed by atoms with E-state index in [9.17, 15) is 8.42 Å². The molecule has 1 saturated carbocycles. The van der Waals surface area contributed by atoms with E-state index in [1.165, 1.54) is 0 Å². The van der Waals surface area contributed by atoms with Crippen LogP contribution in [0.1, 0.15) is 49.8 Å². The first kappa shape index (κ1) is 19.8. The topological polar surface area (TPSA) is 94.7 Å². The Labute approximate surface area is 171 Å². The lowest BCUT2D eigenvalue weighted by molar-refractivity contribution is 0.305. The van der Waals surface area contributed by atoms with Crippen molar-refractivity contribution < 1.29 is 8.42 Å². The fourth-order valence-electron chi connectivity index (χ4n) is 4.02. The normalized spacial score (nSPS) is 20.1. The summed E-state index contributed by atoms with van der Waals surface area (Å²) in [5.41, 5.74) is 2.70. The van der Waals surface area contributed by atoms with E-state index in [4.69, 9.17) is 0 Å². The number of benzene rings is 1. The first-order chi connectivity index (χ1) is 14.0. The Balaban J connectivity index is 1.55. The first-order valence-electron chi connectivity index (χ1n) is 9.97. The van der Waals surface area contributed by atoms with Crippen molar-refractivity contribution in [2.24, 2.45) is 0 Å². The Morgan fingerprint density at radius 1 is 1.21 bits per heavy atom. The van der Waals surface area contributed by atoms with Gasteiger partial charge in [0.05, 0.1) is 16.8 Å². The smallest absolute Gasteiger partial charge is 0.241 e. The Kier molecular flexibility index (Phi) is 5.51. The third kappa shape index (κ3) is 4.25. The van der Waals surface area contributed by atoms with Crippen LogP contribution >= 0.6 is 0 Å². The van der Waals surface area contributed by atoms with Crippen LogP contribution in [-0.4, -0.2) is 39.0 Å². The molecule has 0 spiro atoms. The third-order valence-corrected chi connectivity index (χ3v) is 7.14. The van der Waals surface area contributed by atoms with Gasteiger partial charge in [-0.1, -0.05) is 6.92 Å². The molecule has 0 saturated heterocycles. The van der Waals surface area contributed by atoms with E-state index >= 15 is 0 Å². The molecule has 29 heavy (non-hydrogen) atoms. The van der Waals surface area contributed by atoms with Crippen LogP contribution in [0.4, 0.5) is 0 Å². The predicted octanol–water partition coefficient (Wildman–Crippen LogP) is 2.80. The average molecular weight is 415 g/mol. The minimum Gasteiger partial charge on any atom is -0.317 e. The minimum atomic E-state index is -3.61. The van der Waals surface area contributed by atoms with Crippen molar-refractivity contribution >= 4 is 10.0 Å². The molecule has 9 heteroatoms. The Morgan fingerprint density at radius 3 is 2.69 bits per heavy atom. The fraction of sp³-hybridized carbons (Fsp3) is 0.450. The van der Waals surface area contributed by atoms with Gasteiger partial charge in [0.2, 0.25) is 10.0 Å². The maximum Gasteiger partial charge on any atom is 0.241 e. The number of nitrogens with one attached hydrogen (secondary N) is 1. The molecule has 1 aliphatic carbocycles. The summed E-state index contributed by atoms with van der Waals surface area (Å²) in [5.74, 6) is 0. The second-order valence-corrected chi connectivity index (χ2v) is 9.34. The van der Waals surface area contributed by atoms with Gasteiger partial charge >= 0.3 is 0 Å². The number of aryl methyl sites for hydroxylation is 2. The summed E-state index contributed by atoms with van der Waals surface area (Å²) in [4.78, 5) is 0.346. The molecule has 0 aliphatic heterocycles. The quantitative estimate of drug-likeness (QED) is 0.669. The lowest BCUT2D eigenvalue weighted by Gasteiger charge is -2.30. The average Bonchev–Trinajstić information content (AvgIpc) is 3.39. The van der Waals surface area contributed by atoms with Crippen molar-refractivity contribution in [2.45, 2.75) is 62.9 Å². The summed E-state index contributed by atoms with van der Waals surface area (Å²) < 4.78 is 33.0. The zero-order chi connectivity index (χ0) is 20.4. The first-order valence-corrected chi connectivity index (χ1v) is 11.5. The molecule has 2 unspecified atom stereocenters. The van der Waals surface area contributed by atoms with Crippen LogP contribution in [0.2, 0.25) is 0 Å². The zero-order valence-corrected chi connectivity index (χ0v) is 17.5. The van der Waals surface area contributed by atoms with Gasteiger partial charge in [0.15, 0.2) is 0 Å². The summed E-state index contributed by atoms with van der Waals surface area (Å²) in [6.07, 6.45) is 11.3. The van der Waals surface area contributed by atoms with Crippen molar-refractivity contribution in [1.29, 1.82) is 0 Å². The molecule has 4 rings (SSSR count). The minimum absolute atomic E-state index is 0.0979. The van der Waals surface area contributed by atoms with Crippen molar-refractivity contribution in [3.05, 3.63) is 54.4 Å². The van der Waals surface area contributed by atoms with Crippen LogP contribution in [0, 0.1) is 6.92 Å². The highest BCUT2D eigenvalue weighted by molar-refractivity contribution is 7.89. The highest BCUT2D eigenvalue weighted by Gasteiger charge is 2.28. The molecule has 2 atom stereocenters. The van der Waals surface area contributed by atoms with E-state index in [0.29, 0.717) is 11.3 Å². The third-order valence-electron chi connectivity index (χ3n) is 5.52. The van der Waals surface area contributed by atoms with Crippen molar-refractivity contribution in [3.63, 3.8) is 0 Å². The molecular formula is C20H26N6O2S. The lowest BCUT2D eigenvalue weighted by atomic mass is 9.91. The van der Waals surface area contributed by atoms with Crippen LogP contribution < -0.4 is 4.72 Å². The van der Waals surface area contributed by atoms with Gasteiger partial charge in [0.25, 0.3) is 0 Å². The number of rotatable bonds is 6. The van der Waals surface area contributed by atoms with Gasteiger partial charge in [0, 0.05) is 18.3 Å². The van der Waals surface area contributed by atoms with E-state index in [0.717, 1.165) is 42.5 Å². The standard InChI is InChI=1S/C20H26N6O2S/c1-3-16-9-19(26-12-15(2)11-23-26)7-8-20(16)29(27,28)24-17-5-4-6-18(10-17)25-13-21-22-14-25/h7-9,11-14,17-18,24H,3-6,10H2,1-2H3. The Morgan fingerprint density at radius 2 is 2.00 bits per heavy atom. The Bertz CT molecular complexity index is 1070. The summed E-state index contributed by atoms with van der Waals surface area (Å²) in [5, 5.41) is 12.1. The highest BCUT2D eigenvalue weighted by Crippen LogP contribution is 2.29. The predicted molar refractivity (Wildman–Crippen MR) is 109 cm³/mol. The van der Waals surface area contributed by atoms with Crippen LogP contribution in [-0.2, 0) is 16.4 Å². The largest absolute Gasteiger partial charge is 0.317 e. The molecule has 0 radical (unpaired) electrons. The second kappa shape index (κ2) is 8.08. The molecule has 154 valence electrons. The van der Waals surface area contributed by atoms with Gasteiger partial charge in [-0.3, -0.25) is 0 Å². The summed E-state index contributed by atoms with van der Waals surface area (Å²) in [6, 6.07) is 5.53. The van der Waals surface area contributed by atoms with Gasteiger partial charge in [-0.15, -0.1) is 10.2 Å². The molecule has 1 N–H and O–H groups in total. The zero-order valence-electron chi connectivity index (χ0n) is 16.7. The van der Waals surface area contributed by atoms with Crippen LogP contribution in [0.3, 0.4) is 0 Å². The van der Waals surface area contributed by atoms with E-state index in [1.54, 1.807) is 35.7 Å². The van der Waals surface area contributed by atoms with Gasteiger partial charge in [0.1, 0.15) is 12.7 Å². The number of hydrogen-bond acceptors (Lipinski definition) is 5. The monoisotopic (exact) mass is 414 g/mol. The molecule has 8 nitrogen and oxygen atoms in total. The molecule has 2 heterocycles. The SMILES string of the molecule is CCc1cc(-n2cc(C)cn2)ccc1S(=O)(=O)NC1CCCC(n2cnnc2)C1. The van der Waals surface area contributed by atoms with Crippen molar-refractivity contribution in [1.82, 2.24) is 29.3 Å². The van der Waals surface area contributed by atoms with Crippen LogP contribution in [0.5, 0.6) is 0 Å². The molecule has 0 amide bonds. The van der Waals surface area contributed by atoms with Crippen molar-refractivity contribution in [2.75, 3.05) is 0 Å². The fourth-order valence-corrected chi connectivity index (χ4v) is 5.60. The second-order valence-electron chi connectivity index (χ2n) is 7.66. The summed E-state index contributed by atoms with van der Waals surface area (Å²) in [7, 11) is -3.61. The highest BCUT2D eigenvalue weighted by atomic mass is 32.2. The van der Waals surface area contributed by atoms with Gasteiger partial charge in [-0.2, -0.15) is 5.10 Å². The van der Waals surface area contributed by atoms with Gasteiger partial charge in [-0.25, -0.2) is 17.8 Å². The maximum atomic E-state index is 13.2. The number of sulfonamides is 1. The Hall–Kier alpha value is -2.52. The number of nitrogens with zero attached hydrogens (tertiary/aromatic N) is 5. The number of aromatic nitrogens is 5. The molecule has 2 aromatic heterocycles. The van der Waals surface area contributed by atoms with E-state index in [1.807, 2.05) is 30.7 Å². The van der Waals surface area contributed by atoms with Crippen LogP contribution in [0.15, 0.2) is 48.1 Å². The summed E-state index contributed by atoms with van der Waals surface area (Å²) in [6.45, 7) is 3.94. The van der Waals surface area contributed by atoms with Crippen molar-refractivity contribution in [3.8, 4) is 5.69 Å². The molecule has 0 bridgehead atoms. The van der Waals surface area contributed by atoms with Crippen LogP contribution in [0.25, 0.3) is 5.69 Å². The van der Waals surface area contributed by atoms with Gasteiger partial charge < -0.3 is 4.57 Å². The van der Waals surface area contributed by atoms with E-state index in [-0.39, 0.29) is 12.1 Å². The van der Waals surface area contributed by atoms with Gasteiger partial charge in [-0.05, 0) is 68.4 Å².